The van der Waals surface area contributed by atoms with Crippen LogP contribution in [0.2, 0.25) is 0 Å². The summed E-state index contributed by atoms with van der Waals surface area (Å²) in [6, 6.07) is 5.92. The Labute approximate surface area is 113 Å². The third-order valence-corrected chi connectivity index (χ3v) is 3.09. The zero-order valence-corrected chi connectivity index (χ0v) is 12.4. The van der Waals surface area contributed by atoms with E-state index in [1.54, 1.807) is 11.8 Å². The lowest BCUT2D eigenvalue weighted by molar-refractivity contribution is 0.130. The standard InChI is InChI=1S/C13H19NOS2/c1-5-17-10-8-6-7-9(11(10)12(14)16)15-13(2,3)4/h6-8H,5H2,1-4H3,(H2,14,16). The summed E-state index contributed by atoms with van der Waals surface area (Å²) in [7, 11) is 0. The predicted molar refractivity (Wildman–Crippen MR) is 79.1 cm³/mol. The molecule has 0 fully saturated rings. The summed E-state index contributed by atoms with van der Waals surface area (Å²) in [5, 5.41) is 0. The highest BCUT2D eigenvalue weighted by Crippen LogP contribution is 2.31. The van der Waals surface area contributed by atoms with Gasteiger partial charge in [-0.1, -0.05) is 25.2 Å². The lowest BCUT2D eigenvalue weighted by atomic mass is 10.1. The summed E-state index contributed by atoms with van der Waals surface area (Å²) in [5.74, 6) is 1.75. The fourth-order valence-corrected chi connectivity index (χ4v) is 2.56. The van der Waals surface area contributed by atoms with Gasteiger partial charge >= 0.3 is 0 Å². The van der Waals surface area contributed by atoms with Crippen molar-refractivity contribution in [1.29, 1.82) is 0 Å². The maximum absolute atomic E-state index is 5.90. The van der Waals surface area contributed by atoms with E-state index in [1.807, 2.05) is 39.0 Å². The van der Waals surface area contributed by atoms with Crippen molar-refractivity contribution in [2.45, 2.75) is 38.2 Å². The minimum Gasteiger partial charge on any atom is -0.487 e. The second-order valence-corrected chi connectivity index (χ2v) is 6.39. The highest BCUT2D eigenvalue weighted by molar-refractivity contribution is 7.99. The van der Waals surface area contributed by atoms with Crippen LogP contribution >= 0.6 is 24.0 Å². The fourth-order valence-electron chi connectivity index (χ4n) is 1.44. The SMILES string of the molecule is CCSc1cccc(OC(C)(C)C)c1C(N)=S. The molecule has 0 atom stereocenters. The van der Waals surface area contributed by atoms with Crippen LogP contribution < -0.4 is 10.5 Å². The molecule has 0 saturated heterocycles. The Morgan fingerprint density at radius 1 is 1.41 bits per heavy atom. The van der Waals surface area contributed by atoms with Gasteiger partial charge in [-0.15, -0.1) is 11.8 Å². The van der Waals surface area contributed by atoms with Gasteiger partial charge in [0.25, 0.3) is 0 Å². The number of ether oxygens (including phenoxy) is 1. The van der Waals surface area contributed by atoms with E-state index in [2.05, 4.69) is 6.92 Å². The van der Waals surface area contributed by atoms with E-state index in [0.29, 0.717) is 4.99 Å². The minimum atomic E-state index is -0.255. The number of rotatable bonds is 4. The second kappa shape index (κ2) is 5.74. The van der Waals surface area contributed by atoms with Gasteiger partial charge in [0.1, 0.15) is 16.3 Å². The third-order valence-electron chi connectivity index (χ3n) is 1.95. The summed E-state index contributed by atoms with van der Waals surface area (Å²) < 4.78 is 5.90. The van der Waals surface area contributed by atoms with Crippen LogP contribution in [0.1, 0.15) is 33.3 Å². The van der Waals surface area contributed by atoms with Crippen molar-refractivity contribution >= 4 is 29.0 Å². The topological polar surface area (TPSA) is 35.2 Å². The van der Waals surface area contributed by atoms with Gasteiger partial charge in [-0.3, -0.25) is 0 Å². The molecular weight excluding hydrogens is 250 g/mol. The molecule has 0 unspecified atom stereocenters. The smallest absolute Gasteiger partial charge is 0.131 e. The van der Waals surface area contributed by atoms with Gasteiger partial charge in [-0.2, -0.15) is 0 Å². The average Bonchev–Trinajstić information content (AvgIpc) is 2.15. The first-order chi connectivity index (χ1) is 7.85. The van der Waals surface area contributed by atoms with Crippen molar-refractivity contribution in [2.24, 2.45) is 5.73 Å². The van der Waals surface area contributed by atoms with Crippen molar-refractivity contribution in [2.75, 3.05) is 5.75 Å². The van der Waals surface area contributed by atoms with E-state index < -0.39 is 0 Å². The normalized spacial score (nSPS) is 11.3. The van der Waals surface area contributed by atoms with Crippen LogP contribution in [0.5, 0.6) is 5.75 Å². The molecule has 0 aliphatic carbocycles. The number of hydrogen-bond acceptors (Lipinski definition) is 3. The highest BCUT2D eigenvalue weighted by Gasteiger charge is 2.18. The maximum atomic E-state index is 5.90. The first-order valence-corrected chi connectivity index (χ1v) is 6.99. The average molecular weight is 269 g/mol. The molecule has 0 aliphatic rings. The van der Waals surface area contributed by atoms with Gasteiger partial charge in [-0.05, 0) is 38.7 Å². The molecule has 0 saturated carbocycles. The zero-order chi connectivity index (χ0) is 13.1. The second-order valence-electron chi connectivity index (χ2n) is 4.64. The third kappa shape index (κ3) is 4.21. The van der Waals surface area contributed by atoms with Gasteiger partial charge in [-0.25, -0.2) is 0 Å². The summed E-state index contributed by atoms with van der Waals surface area (Å²) in [5.41, 5.74) is 6.40. The van der Waals surface area contributed by atoms with E-state index >= 15 is 0 Å². The Bertz CT molecular complexity index is 410. The molecule has 0 bridgehead atoms. The molecule has 94 valence electrons. The lowest BCUT2D eigenvalue weighted by Gasteiger charge is -2.24. The molecule has 17 heavy (non-hydrogen) atoms. The van der Waals surface area contributed by atoms with Crippen LogP contribution in [0.3, 0.4) is 0 Å². The number of thiocarbonyl (C=S) groups is 1. The van der Waals surface area contributed by atoms with Gasteiger partial charge in [0.05, 0.1) is 5.56 Å². The molecule has 0 amide bonds. The molecule has 1 rings (SSSR count). The first-order valence-electron chi connectivity index (χ1n) is 5.59. The van der Waals surface area contributed by atoms with Crippen molar-refractivity contribution in [3.63, 3.8) is 0 Å². The zero-order valence-electron chi connectivity index (χ0n) is 10.7. The molecule has 2 N–H and O–H groups in total. The number of nitrogens with two attached hydrogens (primary N) is 1. The Hall–Kier alpha value is -0.740. The van der Waals surface area contributed by atoms with Gasteiger partial charge in [0.15, 0.2) is 0 Å². The lowest BCUT2D eigenvalue weighted by Crippen LogP contribution is -2.25. The molecule has 2 nitrogen and oxygen atoms in total. The van der Waals surface area contributed by atoms with E-state index in [-0.39, 0.29) is 5.60 Å². The summed E-state index contributed by atoms with van der Waals surface area (Å²) in [4.78, 5) is 1.47. The van der Waals surface area contributed by atoms with E-state index in [9.17, 15) is 0 Å². The fraction of sp³-hybridized carbons (Fsp3) is 0.462. The predicted octanol–water partition coefficient (Wildman–Crippen LogP) is 3.61. The van der Waals surface area contributed by atoms with Crippen LogP contribution in [0, 0.1) is 0 Å². The Morgan fingerprint density at radius 3 is 2.53 bits per heavy atom. The molecule has 0 radical (unpaired) electrons. The van der Waals surface area contributed by atoms with Gasteiger partial charge in [0, 0.05) is 4.90 Å². The molecular formula is C13H19NOS2. The number of benzene rings is 1. The number of hydrogen-bond donors (Lipinski definition) is 1. The van der Waals surface area contributed by atoms with Crippen molar-refractivity contribution in [3.05, 3.63) is 23.8 Å². The summed E-state index contributed by atoms with van der Waals surface area (Å²) in [6.45, 7) is 8.13. The van der Waals surface area contributed by atoms with Crippen molar-refractivity contribution in [3.8, 4) is 5.75 Å². The molecule has 0 aliphatic heterocycles. The minimum absolute atomic E-state index is 0.255. The summed E-state index contributed by atoms with van der Waals surface area (Å²) >= 11 is 6.85. The molecule has 1 aromatic carbocycles. The quantitative estimate of drug-likeness (QED) is 0.669. The van der Waals surface area contributed by atoms with Crippen LogP contribution in [-0.4, -0.2) is 16.3 Å². The Balaban J connectivity index is 3.20. The molecule has 0 spiro atoms. The van der Waals surface area contributed by atoms with Gasteiger partial charge < -0.3 is 10.5 Å². The largest absolute Gasteiger partial charge is 0.487 e. The monoisotopic (exact) mass is 269 g/mol. The first kappa shape index (κ1) is 14.3. The van der Waals surface area contributed by atoms with Crippen LogP contribution in [0.15, 0.2) is 23.1 Å². The molecule has 0 heterocycles. The highest BCUT2D eigenvalue weighted by atomic mass is 32.2. The molecule has 0 aromatic heterocycles. The van der Waals surface area contributed by atoms with Crippen LogP contribution in [0.4, 0.5) is 0 Å². The van der Waals surface area contributed by atoms with Crippen LogP contribution in [-0.2, 0) is 0 Å². The molecule has 4 heteroatoms. The summed E-state index contributed by atoms with van der Waals surface area (Å²) in [6.07, 6.45) is 0. The van der Waals surface area contributed by atoms with Crippen molar-refractivity contribution < 1.29 is 4.74 Å². The van der Waals surface area contributed by atoms with E-state index in [0.717, 1.165) is 22.0 Å². The van der Waals surface area contributed by atoms with E-state index in [4.69, 9.17) is 22.7 Å². The Morgan fingerprint density at radius 2 is 2.06 bits per heavy atom. The van der Waals surface area contributed by atoms with Crippen molar-refractivity contribution in [1.82, 2.24) is 0 Å². The Kier molecular flexibility index (Phi) is 4.83. The van der Waals surface area contributed by atoms with Gasteiger partial charge in [0.2, 0.25) is 0 Å². The van der Waals surface area contributed by atoms with Crippen LogP contribution in [0.25, 0.3) is 0 Å². The molecule has 1 aromatic rings. The van der Waals surface area contributed by atoms with E-state index in [1.165, 1.54) is 0 Å². The maximum Gasteiger partial charge on any atom is 0.131 e. The number of thioether (sulfide) groups is 1.